The zero-order chi connectivity index (χ0) is 13.1. The van der Waals surface area contributed by atoms with Crippen LogP contribution in [0.2, 0.25) is 0 Å². The van der Waals surface area contributed by atoms with Crippen molar-refractivity contribution in [3.05, 3.63) is 24.3 Å². The summed E-state index contributed by atoms with van der Waals surface area (Å²) in [6.45, 7) is 5.94. The summed E-state index contributed by atoms with van der Waals surface area (Å²) < 4.78 is 0. The van der Waals surface area contributed by atoms with E-state index in [1.54, 1.807) is 0 Å². The van der Waals surface area contributed by atoms with E-state index in [2.05, 4.69) is 46.4 Å². The van der Waals surface area contributed by atoms with Gasteiger partial charge in [0.25, 0.3) is 0 Å². The topological polar surface area (TPSA) is 18.5 Å². The Kier molecular flexibility index (Phi) is 5.55. The van der Waals surface area contributed by atoms with Crippen molar-refractivity contribution < 1.29 is 0 Å². The molecule has 3 rings (SSSR count). The molecule has 20 heavy (non-hydrogen) atoms. The fourth-order valence-corrected chi connectivity index (χ4v) is 3.31. The third kappa shape index (κ3) is 3.39. The number of anilines is 2. The van der Waals surface area contributed by atoms with Gasteiger partial charge in [-0.2, -0.15) is 0 Å². The van der Waals surface area contributed by atoms with Crippen LogP contribution in [0.4, 0.5) is 11.4 Å². The molecule has 0 amide bonds. The summed E-state index contributed by atoms with van der Waals surface area (Å²) >= 11 is 0. The maximum atomic E-state index is 3.52. The average molecular weight is 296 g/mol. The van der Waals surface area contributed by atoms with Crippen LogP contribution in [0.5, 0.6) is 0 Å². The Morgan fingerprint density at radius 1 is 1.20 bits per heavy atom. The zero-order valence-corrected chi connectivity index (χ0v) is 13.2. The van der Waals surface area contributed by atoms with Gasteiger partial charge in [0.1, 0.15) is 0 Å². The minimum absolute atomic E-state index is 0. The lowest BCUT2D eigenvalue weighted by Gasteiger charge is -2.38. The Labute approximate surface area is 128 Å². The monoisotopic (exact) mass is 295 g/mol. The predicted molar refractivity (Wildman–Crippen MR) is 89.4 cm³/mol. The van der Waals surface area contributed by atoms with Gasteiger partial charge in [-0.1, -0.05) is 12.1 Å². The van der Waals surface area contributed by atoms with Crippen LogP contribution in [-0.2, 0) is 0 Å². The largest absolute Gasteiger partial charge is 0.371 e. The quantitative estimate of drug-likeness (QED) is 0.925. The first kappa shape index (κ1) is 15.5. The number of halogens is 1. The van der Waals surface area contributed by atoms with Crippen molar-refractivity contribution in [2.75, 3.05) is 49.6 Å². The van der Waals surface area contributed by atoms with Crippen LogP contribution in [0.25, 0.3) is 0 Å². The highest BCUT2D eigenvalue weighted by Gasteiger charge is 2.21. The summed E-state index contributed by atoms with van der Waals surface area (Å²) in [6.07, 6.45) is 4.08. The van der Waals surface area contributed by atoms with E-state index in [-0.39, 0.29) is 12.4 Å². The third-order valence-electron chi connectivity index (χ3n) is 4.55. The highest BCUT2D eigenvalue weighted by Crippen LogP contribution is 2.32. The van der Waals surface area contributed by atoms with E-state index in [4.69, 9.17) is 0 Å². The Morgan fingerprint density at radius 3 is 2.75 bits per heavy atom. The lowest BCUT2D eigenvalue weighted by molar-refractivity contribution is 0.358. The molecule has 0 aromatic heterocycles. The Hall–Kier alpha value is -0.930. The molecule has 1 unspecified atom stereocenters. The summed E-state index contributed by atoms with van der Waals surface area (Å²) in [7, 11) is 2.20. The van der Waals surface area contributed by atoms with Gasteiger partial charge in [-0.3, -0.25) is 0 Å². The first-order chi connectivity index (χ1) is 9.34. The molecule has 3 nitrogen and oxygen atoms in total. The molecule has 0 spiro atoms. The molecule has 0 saturated carbocycles. The summed E-state index contributed by atoms with van der Waals surface area (Å²) in [5.41, 5.74) is 2.80. The van der Waals surface area contributed by atoms with Gasteiger partial charge < -0.3 is 15.1 Å². The lowest BCUT2D eigenvalue weighted by atomic mass is 9.96. The van der Waals surface area contributed by atoms with E-state index in [0.29, 0.717) is 0 Å². The molecular weight excluding hydrogens is 270 g/mol. The molecule has 4 heteroatoms. The molecule has 1 atom stereocenters. The minimum atomic E-state index is 0. The fraction of sp³-hybridized carbons (Fsp3) is 0.625. The second-order valence-corrected chi connectivity index (χ2v) is 5.90. The van der Waals surface area contributed by atoms with E-state index in [0.717, 1.165) is 19.0 Å². The number of fused-ring (bicyclic) bond motifs is 1. The van der Waals surface area contributed by atoms with Gasteiger partial charge >= 0.3 is 0 Å². The van der Waals surface area contributed by atoms with E-state index in [1.807, 2.05) is 0 Å². The molecular formula is C16H26ClN3. The van der Waals surface area contributed by atoms with Crippen molar-refractivity contribution in [1.29, 1.82) is 0 Å². The van der Waals surface area contributed by atoms with Crippen LogP contribution in [0.3, 0.4) is 0 Å². The number of hydrogen-bond donors (Lipinski definition) is 1. The molecule has 112 valence electrons. The van der Waals surface area contributed by atoms with Crippen LogP contribution >= 0.6 is 12.4 Å². The van der Waals surface area contributed by atoms with E-state index in [1.165, 1.54) is 50.3 Å². The normalized spacial score (nSPS) is 22.1. The van der Waals surface area contributed by atoms with E-state index >= 15 is 0 Å². The van der Waals surface area contributed by atoms with Crippen LogP contribution in [0.1, 0.15) is 19.3 Å². The van der Waals surface area contributed by atoms with Gasteiger partial charge in [0.2, 0.25) is 0 Å². The molecule has 1 aromatic rings. The number of rotatable bonds is 3. The number of likely N-dealkylation sites (N-methyl/N-ethyl adjacent to an activating group) is 1. The molecule has 2 aliphatic heterocycles. The van der Waals surface area contributed by atoms with E-state index in [9.17, 15) is 0 Å². The molecule has 0 radical (unpaired) electrons. The smallest absolute Gasteiger partial charge is 0.0604 e. The Balaban J connectivity index is 0.00000147. The van der Waals surface area contributed by atoms with E-state index < -0.39 is 0 Å². The SMILES string of the molecule is CN1CCN(CCC2CCCNC2)c2ccccc21.Cl. The molecule has 1 fully saturated rings. The van der Waals surface area contributed by atoms with Crippen molar-refractivity contribution in [1.82, 2.24) is 5.32 Å². The van der Waals surface area contributed by atoms with Gasteiger partial charge in [-0.25, -0.2) is 0 Å². The van der Waals surface area contributed by atoms with Gasteiger partial charge in [0.15, 0.2) is 0 Å². The highest BCUT2D eigenvalue weighted by molar-refractivity contribution is 5.85. The van der Waals surface area contributed by atoms with Crippen molar-refractivity contribution in [2.24, 2.45) is 5.92 Å². The Bertz CT molecular complexity index is 418. The number of nitrogens with one attached hydrogen (secondary N) is 1. The van der Waals surface area contributed by atoms with Crippen LogP contribution in [-0.4, -0.2) is 39.8 Å². The second-order valence-electron chi connectivity index (χ2n) is 5.90. The van der Waals surface area contributed by atoms with Crippen LogP contribution in [0.15, 0.2) is 24.3 Å². The molecule has 0 bridgehead atoms. The number of hydrogen-bond acceptors (Lipinski definition) is 3. The first-order valence-corrected chi connectivity index (χ1v) is 7.60. The molecule has 1 N–H and O–H groups in total. The van der Waals surface area contributed by atoms with Crippen molar-refractivity contribution in [3.8, 4) is 0 Å². The van der Waals surface area contributed by atoms with Crippen molar-refractivity contribution in [2.45, 2.75) is 19.3 Å². The summed E-state index contributed by atoms with van der Waals surface area (Å²) in [5, 5.41) is 3.52. The standard InChI is InChI=1S/C16H25N3.ClH/c1-18-11-12-19(16-7-3-2-6-15(16)18)10-8-14-5-4-9-17-13-14;/h2-3,6-7,14,17H,4-5,8-13H2,1H3;1H. The summed E-state index contributed by atoms with van der Waals surface area (Å²) in [6, 6.07) is 8.81. The van der Waals surface area contributed by atoms with Crippen molar-refractivity contribution >= 4 is 23.8 Å². The fourth-order valence-electron chi connectivity index (χ4n) is 3.31. The number of nitrogens with zero attached hydrogens (tertiary/aromatic N) is 2. The van der Waals surface area contributed by atoms with Gasteiger partial charge in [-0.15, -0.1) is 12.4 Å². The minimum Gasteiger partial charge on any atom is -0.371 e. The van der Waals surface area contributed by atoms with Crippen LogP contribution in [0, 0.1) is 5.92 Å². The third-order valence-corrected chi connectivity index (χ3v) is 4.55. The maximum Gasteiger partial charge on any atom is 0.0604 e. The maximum absolute atomic E-state index is 3.52. The summed E-state index contributed by atoms with van der Waals surface area (Å²) in [5.74, 6) is 0.876. The second kappa shape index (κ2) is 7.19. The highest BCUT2D eigenvalue weighted by atomic mass is 35.5. The number of piperidine rings is 1. The molecule has 0 aliphatic carbocycles. The summed E-state index contributed by atoms with van der Waals surface area (Å²) in [4.78, 5) is 4.94. The predicted octanol–water partition coefficient (Wildman–Crippen LogP) is 2.75. The molecule has 2 heterocycles. The first-order valence-electron chi connectivity index (χ1n) is 7.60. The van der Waals surface area contributed by atoms with Gasteiger partial charge in [-0.05, 0) is 50.4 Å². The zero-order valence-electron chi connectivity index (χ0n) is 12.3. The molecule has 2 aliphatic rings. The lowest BCUT2D eigenvalue weighted by Crippen LogP contribution is -2.41. The molecule has 1 aromatic carbocycles. The number of benzene rings is 1. The number of para-hydroxylation sites is 2. The Morgan fingerprint density at radius 2 is 2.00 bits per heavy atom. The average Bonchev–Trinajstić information content (AvgIpc) is 2.48. The molecule has 1 saturated heterocycles. The van der Waals surface area contributed by atoms with Gasteiger partial charge in [0.05, 0.1) is 11.4 Å². The van der Waals surface area contributed by atoms with Gasteiger partial charge in [0, 0.05) is 26.7 Å². The van der Waals surface area contributed by atoms with Crippen LogP contribution < -0.4 is 15.1 Å². The van der Waals surface area contributed by atoms with Crippen molar-refractivity contribution in [3.63, 3.8) is 0 Å².